The van der Waals surface area contributed by atoms with Crippen LogP contribution >= 0.6 is 0 Å². The molecule has 0 spiro atoms. The van der Waals surface area contributed by atoms with Gasteiger partial charge in [-0.15, -0.1) is 6.58 Å². The van der Waals surface area contributed by atoms with Crippen LogP contribution in [0, 0.1) is 0 Å². The molecule has 0 amide bonds. The van der Waals surface area contributed by atoms with E-state index in [-0.39, 0.29) is 0 Å². The van der Waals surface area contributed by atoms with E-state index in [0.717, 1.165) is 10.9 Å². The van der Waals surface area contributed by atoms with E-state index in [1.54, 1.807) is 26.6 Å². The monoisotopic (exact) mass is 274 g/mol. The van der Waals surface area contributed by atoms with E-state index in [4.69, 9.17) is 18.6 Å². The van der Waals surface area contributed by atoms with E-state index >= 15 is 0 Å². The molecular weight excluding hydrogens is 256 g/mol. The lowest BCUT2D eigenvalue weighted by Crippen LogP contribution is -1.94. The Labute approximate surface area is 118 Å². The van der Waals surface area contributed by atoms with E-state index in [0.29, 0.717) is 30.3 Å². The van der Waals surface area contributed by atoms with E-state index < -0.39 is 0 Å². The van der Waals surface area contributed by atoms with Crippen LogP contribution in [-0.2, 0) is 4.74 Å². The van der Waals surface area contributed by atoms with Gasteiger partial charge in [-0.25, -0.2) is 0 Å². The molecule has 1 aromatic carbocycles. The average Bonchev–Trinajstić information content (AvgIpc) is 2.93. The van der Waals surface area contributed by atoms with Gasteiger partial charge in [0, 0.05) is 10.9 Å². The second-order valence-corrected chi connectivity index (χ2v) is 4.10. The van der Waals surface area contributed by atoms with Gasteiger partial charge in [-0.1, -0.05) is 18.2 Å². The molecule has 0 saturated carbocycles. The standard InChI is InChI=1S/C16H18O4/c1-4-8-19-9-5-6-12-11-13-7-10-20-15(13)16(18-3)14(12)17-2/h4-7,10-11H,1,8-9H2,2-3H3/b6-5-. The zero-order chi connectivity index (χ0) is 14.4. The second-order valence-electron chi connectivity index (χ2n) is 4.10. The number of rotatable bonds is 7. The smallest absolute Gasteiger partial charge is 0.205 e. The summed E-state index contributed by atoms with van der Waals surface area (Å²) in [7, 11) is 3.21. The van der Waals surface area contributed by atoms with Crippen LogP contribution in [0.2, 0.25) is 0 Å². The fourth-order valence-corrected chi connectivity index (χ4v) is 2.00. The molecule has 4 nitrogen and oxygen atoms in total. The molecule has 0 bridgehead atoms. The molecule has 0 aliphatic carbocycles. The molecule has 20 heavy (non-hydrogen) atoms. The predicted molar refractivity (Wildman–Crippen MR) is 79.4 cm³/mol. The van der Waals surface area contributed by atoms with Gasteiger partial charge in [0.2, 0.25) is 5.75 Å². The van der Waals surface area contributed by atoms with Crippen molar-refractivity contribution in [2.75, 3.05) is 27.4 Å². The fraction of sp³-hybridized carbons (Fsp3) is 0.250. The van der Waals surface area contributed by atoms with Crippen LogP contribution in [-0.4, -0.2) is 27.4 Å². The maximum atomic E-state index is 5.43. The van der Waals surface area contributed by atoms with Crippen molar-refractivity contribution in [2.24, 2.45) is 0 Å². The van der Waals surface area contributed by atoms with Gasteiger partial charge >= 0.3 is 0 Å². The van der Waals surface area contributed by atoms with E-state index in [2.05, 4.69) is 6.58 Å². The number of methoxy groups -OCH3 is 2. The topological polar surface area (TPSA) is 40.8 Å². The van der Waals surface area contributed by atoms with Crippen molar-refractivity contribution < 1.29 is 18.6 Å². The van der Waals surface area contributed by atoms with Crippen LogP contribution < -0.4 is 9.47 Å². The van der Waals surface area contributed by atoms with E-state index in [1.807, 2.05) is 24.3 Å². The molecule has 106 valence electrons. The highest BCUT2D eigenvalue weighted by Crippen LogP contribution is 2.39. The number of fused-ring (bicyclic) bond motifs is 1. The molecule has 1 aromatic heterocycles. The maximum absolute atomic E-state index is 5.43. The lowest BCUT2D eigenvalue weighted by molar-refractivity contribution is 0.194. The highest BCUT2D eigenvalue weighted by Gasteiger charge is 2.15. The molecule has 0 aliphatic heterocycles. The van der Waals surface area contributed by atoms with Crippen LogP contribution in [0.3, 0.4) is 0 Å². The van der Waals surface area contributed by atoms with Crippen molar-refractivity contribution in [1.82, 2.24) is 0 Å². The van der Waals surface area contributed by atoms with Crippen LogP contribution in [0.4, 0.5) is 0 Å². The van der Waals surface area contributed by atoms with Crippen LogP contribution in [0.5, 0.6) is 11.5 Å². The minimum Gasteiger partial charge on any atom is -0.492 e. The summed E-state index contributed by atoms with van der Waals surface area (Å²) in [5.74, 6) is 1.25. The summed E-state index contributed by atoms with van der Waals surface area (Å²) in [5, 5.41) is 0.967. The second kappa shape index (κ2) is 6.82. The Morgan fingerprint density at radius 2 is 2.00 bits per heavy atom. The Morgan fingerprint density at radius 1 is 1.20 bits per heavy atom. The van der Waals surface area contributed by atoms with Gasteiger partial charge in [0.1, 0.15) is 0 Å². The Balaban J connectivity index is 2.33. The largest absolute Gasteiger partial charge is 0.492 e. The van der Waals surface area contributed by atoms with Gasteiger partial charge < -0.3 is 18.6 Å². The fourth-order valence-electron chi connectivity index (χ4n) is 2.00. The highest BCUT2D eigenvalue weighted by molar-refractivity contribution is 5.89. The first kappa shape index (κ1) is 14.2. The third-order valence-corrected chi connectivity index (χ3v) is 2.84. The maximum Gasteiger partial charge on any atom is 0.205 e. The summed E-state index contributed by atoms with van der Waals surface area (Å²) >= 11 is 0. The minimum absolute atomic E-state index is 0.515. The van der Waals surface area contributed by atoms with Crippen molar-refractivity contribution in [1.29, 1.82) is 0 Å². The van der Waals surface area contributed by atoms with Crippen molar-refractivity contribution in [2.45, 2.75) is 0 Å². The summed E-state index contributed by atoms with van der Waals surface area (Å²) < 4.78 is 21.6. The van der Waals surface area contributed by atoms with E-state index in [1.165, 1.54) is 0 Å². The zero-order valence-corrected chi connectivity index (χ0v) is 11.7. The quantitative estimate of drug-likeness (QED) is 0.570. The summed E-state index contributed by atoms with van der Waals surface area (Å²) in [6.45, 7) is 4.65. The molecule has 0 N–H and O–H groups in total. The summed E-state index contributed by atoms with van der Waals surface area (Å²) in [4.78, 5) is 0. The number of furan rings is 1. The molecular formula is C16H18O4. The molecule has 0 atom stereocenters. The van der Waals surface area contributed by atoms with Crippen LogP contribution in [0.15, 0.2) is 41.5 Å². The normalized spacial score (nSPS) is 11.1. The molecule has 0 radical (unpaired) electrons. The van der Waals surface area contributed by atoms with Gasteiger partial charge in [-0.05, 0) is 12.1 Å². The Hall–Kier alpha value is -2.20. The molecule has 2 rings (SSSR count). The number of hydrogen-bond acceptors (Lipinski definition) is 4. The number of benzene rings is 1. The third-order valence-electron chi connectivity index (χ3n) is 2.84. The van der Waals surface area contributed by atoms with Crippen molar-refractivity contribution in [3.05, 3.63) is 42.7 Å². The summed E-state index contributed by atoms with van der Waals surface area (Å²) in [6, 6.07) is 3.88. The van der Waals surface area contributed by atoms with Gasteiger partial charge in [0.15, 0.2) is 11.3 Å². The average molecular weight is 274 g/mol. The molecule has 0 fully saturated rings. The first-order valence-electron chi connectivity index (χ1n) is 6.29. The Bertz CT molecular complexity index is 610. The van der Waals surface area contributed by atoms with Gasteiger partial charge in [0.05, 0.1) is 33.7 Å². The zero-order valence-electron chi connectivity index (χ0n) is 11.7. The van der Waals surface area contributed by atoms with Gasteiger partial charge in [0.25, 0.3) is 0 Å². The van der Waals surface area contributed by atoms with Crippen LogP contribution in [0.1, 0.15) is 5.56 Å². The summed E-state index contributed by atoms with van der Waals surface area (Å²) in [6.07, 6.45) is 7.21. The molecule has 0 unspecified atom stereocenters. The molecule has 0 saturated heterocycles. The Kier molecular flexibility index (Phi) is 4.85. The van der Waals surface area contributed by atoms with Gasteiger partial charge in [-0.3, -0.25) is 0 Å². The first-order chi connectivity index (χ1) is 9.81. The lowest BCUT2D eigenvalue weighted by atomic mass is 10.1. The lowest BCUT2D eigenvalue weighted by Gasteiger charge is -2.11. The molecule has 1 heterocycles. The van der Waals surface area contributed by atoms with E-state index in [9.17, 15) is 0 Å². The van der Waals surface area contributed by atoms with Crippen molar-refractivity contribution in [3.63, 3.8) is 0 Å². The predicted octanol–water partition coefficient (Wildman–Crippen LogP) is 3.67. The minimum atomic E-state index is 0.515. The SMILES string of the molecule is C=CCOC/C=C\c1cc2ccoc2c(OC)c1OC. The number of ether oxygens (including phenoxy) is 3. The summed E-state index contributed by atoms with van der Waals surface area (Å²) in [5.41, 5.74) is 1.60. The third kappa shape index (κ3) is 2.86. The molecule has 2 aromatic rings. The molecule has 4 heteroatoms. The van der Waals surface area contributed by atoms with Crippen molar-refractivity contribution in [3.8, 4) is 11.5 Å². The van der Waals surface area contributed by atoms with Crippen molar-refractivity contribution >= 4 is 17.0 Å². The number of hydrogen-bond donors (Lipinski definition) is 0. The highest BCUT2D eigenvalue weighted by atomic mass is 16.5. The van der Waals surface area contributed by atoms with Gasteiger partial charge in [-0.2, -0.15) is 0 Å². The Morgan fingerprint density at radius 3 is 2.70 bits per heavy atom. The van der Waals surface area contributed by atoms with Crippen LogP contribution in [0.25, 0.3) is 17.0 Å². The first-order valence-corrected chi connectivity index (χ1v) is 6.29. The molecule has 0 aliphatic rings.